The third kappa shape index (κ3) is 5.84. The lowest BCUT2D eigenvalue weighted by Gasteiger charge is -2.32. The lowest BCUT2D eigenvalue weighted by Crippen LogP contribution is -2.28. The molecular weight excluding hydrogens is 500 g/mol. The molecule has 1 N–H and O–H groups in total. The Morgan fingerprint density at radius 1 is 0.733 bits per heavy atom. The molecule has 0 aliphatic heterocycles. The van der Waals surface area contributed by atoms with Crippen LogP contribution in [0.2, 0.25) is 0 Å². The highest BCUT2D eigenvalue weighted by molar-refractivity contribution is 9.10. The molecule has 1 nitrogen and oxygen atoms in total. The molecule has 3 aromatic rings. The van der Waals surface area contributed by atoms with Crippen molar-refractivity contribution in [1.82, 2.24) is 0 Å². The molecule has 0 saturated carbocycles. The van der Waals surface area contributed by atoms with Gasteiger partial charge in [0.15, 0.2) is 0 Å². The summed E-state index contributed by atoms with van der Waals surface area (Å²) in [5.41, 5.74) is 3.06. The summed E-state index contributed by atoms with van der Waals surface area (Å²) in [5, 5.41) is 12.1. The van der Waals surface area contributed by atoms with Gasteiger partial charge in [-0.2, -0.15) is 0 Å². The summed E-state index contributed by atoms with van der Waals surface area (Å²) in [4.78, 5) is 0. The monoisotopic (exact) mass is 528 g/mol. The summed E-state index contributed by atoms with van der Waals surface area (Å²) in [5.74, 6) is 0. The first-order valence-corrected chi connectivity index (χ1v) is 12.5. The maximum Gasteiger partial charge on any atom is 0.115 e. The lowest BCUT2D eigenvalue weighted by molar-refractivity contribution is 0.0684. The minimum Gasteiger partial charge on any atom is -0.380 e. The molecule has 0 amide bonds. The molecule has 0 aliphatic rings. The Morgan fingerprint density at radius 2 is 1.37 bits per heavy atom. The number of aliphatic hydroxyl groups is 1. The summed E-state index contributed by atoms with van der Waals surface area (Å²) >= 11 is 7.16. The van der Waals surface area contributed by atoms with E-state index in [1.165, 1.54) is 25.7 Å². The van der Waals surface area contributed by atoms with Gasteiger partial charge in [0.05, 0.1) is 0 Å². The van der Waals surface area contributed by atoms with Crippen molar-refractivity contribution in [3.05, 3.63) is 92.9 Å². The number of rotatable bonds is 10. The summed E-state index contributed by atoms with van der Waals surface area (Å²) in [6, 6.07) is 24.7. The van der Waals surface area contributed by atoms with Crippen molar-refractivity contribution in [1.29, 1.82) is 0 Å². The van der Waals surface area contributed by atoms with Gasteiger partial charge in [0.25, 0.3) is 0 Å². The van der Waals surface area contributed by atoms with Crippen LogP contribution in [0.5, 0.6) is 0 Å². The lowest BCUT2D eigenvalue weighted by atomic mass is 9.78. The van der Waals surface area contributed by atoms with Gasteiger partial charge >= 0.3 is 0 Å². The molecular formula is C27H30Br2O. The van der Waals surface area contributed by atoms with Crippen molar-refractivity contribution in [3.63, 3.8) is 0 Å². The molecule has 0 heterocycles. The van der Waals surface area contributed by atoms with Crippen LogP contribution in [0.15, 0.2) is 81.7 Å². The Kier molecular flexibility index (Phi) is 8.73. The van der Waals surface area contributed by atoms with Crippen LogP contribution in [0.1, 0.15) is 63.0 Å². The molecule has 3 rings (SSSR count). The number of hydrogen-bond acceptors (Lipinski definition) is 1. The van der Waals surface area contributed by atoms with Crippen LogP contribution in [-0.4, -0.2) is 5.11 Å². The standard InChI is InChI=1S/C27H30Br2O/c1-2-3-4-5-6-10-19-27(30,22-11-8-7-9-12-22)26-20-24(29)17-18-25(26)21-13-15-23(28)16-14-21/h7-9,11-18,20,30H,2-6,10,19H2,1H3. The summed E-state index contributed by atoms with van der Waals surface area (Å²) in [6.07, 6.45) is 7.92. The predicted molar refractivity (Wildman–Crippen MR) is 135 cm³/mol. The van der Waals surface area contributed by atoms with Gasteiger partial charge in [-0.1, -0.05) is 119 Å². The van der Waals surface area contributed by atoms with Gasteiger partial charge in [-0.3, -0.25) is 0 Å². The number of hydrogen-bond donors (Lipinski definition) is 1. The van der Waals surface area contributed by atoms with E-state index in [0.29, 0.717) is 6.42 Å². The van der Waals surface area contributed by atoms with Crippen molar-refractivity contribution in [3.8, 4) is 11.1 Å². The molecule has 0 bridgehead atoms. The second-order valence-electron chi connectivity index (χ2n) is 7.94. The Hall–Kier alpha value is -1.42. The van der Waals surface area contributed by atoms with Gasteiger partial charge in [-0.05, 0) is 59.4 Å². The summed E-state index contributed by atoms with van der Waals surface area (Å²) in [7, 11) is 0. The first-order chi connectivity index (χ1) is 14.5. The van der Waals surface area contributed by atoms with Crippen molar-refractivity contribution in [2.45, 2.75) is 57.5 Å². The average Bonchev–Trinajstić information content (AvgIpc) is 2.77. The molecule has 3 aromatic carbocycles. The zero-order valence-corrected chi connectivity index (χ0v) is 20.8. The minimum absolute atomic E-state index is 0.711. The fourth-order valence-electron chi connectivity index (χ4n) is 4.05. The second kappa shape index (κ2) is 11.3. The van der Waals surface area contributed by atoms with Crippen LogP contribution in [0.3, 0.4) is 0 Å². The van der Waals surface area contributed by atoms with Crippen molar-refractivity contribution >= 4 is 31.9 Å². The molecule has 0 saturated heterocycles. The molecule has 1 atom stereocenters. The Morgan fingerprint density at radius 3 is 2.07 bits per heavy atom. The smallest absolute Gasteiger partial charge is 0.115 e. The van der Waals surface area contributed by atoms with Crippen molar-refractivity contribution in [2.75, 3.05) is 0 Å². The van der Waals surface area contributed by atoms with Gasteiger partial charge < -0.3 is 5.11 Å². The van der Waals surface area contributed by atoms with E-state index in [9.17, 15) is 5.11 Å². The fraction of sp³-hybridized carbons (Fsp3) is 0.333. The maximum absolute atomic E-state index is 12.1. The summed E-state index contributed by atoms with van der Waals surface area (Å²) in [6.45, 7) is 2.24. The van der Waals surface area contributed by atoms with Crippen molar-refractivity contribution < 1.29 is 5.11 Å². The van der Waals surface area contributed by atoms with Gasteiger partial charge in [0, 0.05) is 8.95 Å². The molecule has 0 radical (unpaired) electrons. The average molecular weight is 530 g/mol. The highest BCUT2D eigenvalue weighted by Gasteiger charge is 2.33. The molecule has 3 heteroatoms. The van der Waals surface area contributed by atoms with E-state index in [1.54, 1.807) is 0 Å². The molecule has 30 heavy (non-hydrogen) atoms. The highest BCUT2D eigenvalue weighted by atomic mass is 79.9. The van der Waals surface area contributed by atoms with E-state index in [2.05, 4.69) is 81.2 Å². The van der Waals surface area contributed by atoms with E-state index < -0.39 is 5.60 Å². The van der Waals surface area contributed by atoms with Crippen molar-refractivity contribution in [2.24, 2.45) is 0 Å². The predicted octanol–water partition coefficient (Wildman–Crippen LogP) is 8.87. The van der Waals surface area contributed by atoms with Crippen LogP contribution in [0.4, 0.5) is 0 Å². The molecule has 0 spiro atoms. The topological polar surface area (TPSA) is 20.2 Å². The van der Waals surface area contributed by atoms with Gasteiger partial charge in [-0.25, -0.2) is 0 Å². The maximum atomic E-state index is 12.1. The third-order valence-corrected chi connectivity index (χ3v) is 6.75. The molecule has 0 aromatic heterocycles. The van der Waals surface area contributed by atoms with Crippen LogP contribution >= 0.6 is 31.9 Å². The van der Waals surface area contributed by atoms with E-state index in [4.69, 9.17) is 0 Å². The van der Waals surface area contributed by atoms with Crippen LogP contribution in [0, 0.1) is 0 Å². The van der Waals surface area contributed by atoms with E-state index in [1.807, 2.05) is 30.3 Å². The third-order valence-electron chi connectivity index (χ3n) is 5.73. The van der Waals surface area contributed by atoms with E-state index in [-0.39, 0.29) is 0 Å². The number of benzene rings is 3. The number of halogens is 2. The Labute approximate surface area is 197 Å². The van der Waals surface area contributed by atoms with Gasteiger partial charge in [0.2, 0.25) is 0 Å². The first-order valence-electron chi connectivity index (χ1n) is 10.9. The largest absolute Gasteiger partial charge is 0.380 e. The molecule has 158 valence electrons. The second-order valence-corrected chi connectivity index (χ2v) is 9.77. The Bertz CT molecular complexity index is 921. The molecule has 0 fully saturated rings. The number of unbranched alkanes of at least 4 members (excludes halogenated alkanes) is 5. The zero-order chi connectivity index (χ0) is 21.4. The normalized spacial score (nSPS) is 13.2. The fourth-order valence-corrected chi connectivity index (χ4v) is 4.67. The SMILES string of the molecule is CCCCCCCCC(O)(c1ccccc1)c1cc(Br)ccc1-c1ccc(Br)cc1. The minimum atomic E-state index is -1.03. The van der Waals surface area contributed by atoms with Gasteiger partial charge in [-0.15, -0.1) is 0 Å². The Balaban J connectivity index is 1.99. The van der Waals surface area contributed by atoms with Crippen LogP contribution < -0.4 is 0 Å². The van der Waals surface area contributed by atoms with E-state index in [0.717, 1.165) is 44.0 Å². The first kappa shape index (κ1) is 23.2. The highest BCUT2D eigenvalue weighted by Crippen LogP contribution is 2.41. The molecule has 0 aliphatic carbocycles. The van der Waals surface area contributed by atoms with E-state index >= 15 is 0 Å². The molecule has 1 unspecified atom stereocenters. The quantitative estimate of drug-likeness (QED) is 0.260. The van der Waals surface area contributed by atoms with Crippen LogP contribution in [0.25, 0.3) is 11.1 Å². The zero-order valence-electron chi connectivity index (χ0n) is 17.6. The van der Waals surface area contributed by atoms with Crippen LogP contribution in [-0.2, 0) is 5.60 Å². The summed E-state index contributed by atoms with van der Waals surface area (Å²) < 4.78 is 2.03. The van der Waals surface area contributed by atoms with Gasteiger partial charge in [0.1, 0.15) is 5.60 Å².